The fraction of sp³-hybridized carbons (Fsp3) is 0.733. The van der Waals surface area contributed by atoms with E-state index in [4.69, 9.17) is 11.6 Å². The van der Waals surface area contributed by atoms with Crippen molar-refractivity contribution in [3.8, 4) is 0 Å². The molecule has 2 aliphatic rings. The molecule has 4 heteroatoms. The molecule has 0 spiro atoms. The molecule has 0 aromatic carbocycles. The van der Waals surface area contributed by atoms with Crippen molar-refractivity contribution in [1.82, 2.24) is 10.2 Å². The van der Waals surface area contributed by atoms with Crippen molar-refractivity contribution in [2.45, 2.75) is 58.4 Å². The molecule has 0 bridgehead atoms. The topological polar surface area (TPSA) is 29.0 Å². The van der Waals surface area contributed by atoms with Crippen LogP contribution in [0, 0.1) is 19.8 Å². The van der Waals surface area contributed by atoms with Gasteiger partial charge in [-0.15, -0.1) is 10.2 Å². The molecule has 1 saturated carbocycles. The Bertz CT molecular complexity index is 469. The van der Waals surface area contributed by atoms with E-state index >= 15 is 0 Å². The summed E-state index contributed by atoms with van der Waals surface area (Å²) in [5, 5.41) is 9.04. The summed E-state index contributed by atoms with van der Waals surface area (Å²) in [5.41, 5.74) is 2.27. The third kappa shape index (κ3) is 2.33. The molecule has 0 radical (unpaired) electrons. The first kappa shape index (κ1) is 13.2. The van der Waals surface area contributed by atoms with E-state index in [9.17, 15) is 0 Å². The molecule has 1 aromatic rings. The lowest BCUT2D eigenvalue weighted by atomic mass is 9.96. The van der Waals surface area contributed by atoms with Crippen LogP contribution in [0.5, 0.6) is 0 Å². The van der Waals surface area contributed by atoms with Gasteiger partial charge in [-0.3, -0.25) is 0 Å². The summed E-state index contributed by atoms with van der Waals surface area (Å²) in [6, 6.07) is 0.677. The maximum absolute atomic E-state index is 6.06. The molecule has 104 valence electrons. The fourth-order valence-corrected chi connectivity index (χ4v) is 3.90. The van der Waals surface area contributed by atoms with Gasteiger partial charge < -0.3 is 4.90 Å². The zero-order valence-electron chi connectivity index (χ0n) is 11.8. The molecular formula is C15H22ClN3. The van der Waals surface area contributed by atoms with Gasteiger partial charge in [-0.05, 0) is 56.6 Å². The van der Waals surface area contributed by atoms with E-state index in [1.54, 1.807) is 0 Å². The summed E-state index contributed by atoms with van der Waals surface area (Å²) < 4.78 is 0. The van der Waals surface area contributed by atoms with Gasteiger partial charge in [0.25, 0.3) is 0 Å². The van der Waals surface area contributed by atoms with Crippen LogP contribution in [0.25, 0.3) is 0 Å². The van der Waals surface area contributed by atoms with Gasteiger partial charge in [-0.25, -0.2) is 0 Å². The second kappa shape index (κ2) is 5.28. The number of aromatic nitrogens is 2. The number of hydrogen-bond donors (Lipinski definition) is 0. The lowest BCUT2D eigenvalue weighted by Crippen LogP contribution is -2.36. The van der Waals surface area contributed by atoms with E-state index in [1.165, 1.54) is 44.1 Å². The monoisotopic (exact) mass is 279 g/mol. The minimum Gasteiger partial charge on any atom is -0.352 e. The average Bonchev–Trinajstić information content (AvgIpc) is 3.05. The summed E-state index contributed by atoms with van der Waals surface area (Å²) >= 11 is 6.06. The molecule has 2 heterocycles. The van der Waals surface area contributed by atoms with Crippen LogP contribution in [0.2, 0.25) is 5.15 Å². The number of anilines is 1. The second-order valence-corrected chi connectivity index (χ2v) is 6.37. The van der Waals surface area contributed by atoms with E-state index in [0.29, 0.717) is 11.2 Å². The minimum atomic E-state index is 0.540. The minimum absolute atomic E-state index is 0.540. The highest BCUT2D eigenvalue weighted by Crippen LogP contribution is 2.38. The van der Waals surface area contributed by atoms with Crippen molar-refractivity contribution in [1.29, 1.82) is 0 Å². The van der Waals surface area contributed by atoms with E-state index in [2.05, 4.69) is 22.0 Å². The van der Waals surface area contributed by atoms with Crippen molar-refractivity contribution in [2.24, 2.45) is 5.92 Å². The first-order valence-electron chi connectivity index (χ1n) is 7.44. The largest absolute Gasteiger partial charge is 0.352 e. The second-order valence-electron chi connectivity index (χ2n) is 6.01. The van der Waals surface area contributed by atoms with Crippen LogP contribution in [0.15, 0.2) is 0 Å². The van der Waals surface area contributed by atoms with Crippen LogP contribution in [0.3, 0.4) is 0 Å². The van der Waals surface area contributed by atoms with E-state index in [1.807, 2.05) is 6.92 Å². The third-order valence-electron chi connectivity index (χ3n) is 4.96. The number of nitrogens with zero attached hydrogens (tertiary/aromatic N) is 3. The number of rotatable bonds is 2. The summed E-state index contributed by atoms with van der Waals surface area (Å²) in [6.07, 6.45) is 8.18. The van der Waals surface area contributed by atoms with Crippen molar-refractivity contribution < 1.29 is 0 Å². The van der Waals surface area contributed by atoms with E-state index < -0.39 is 0 Å². The summed E-state index contributed by atoms with van der Waals surface area (Å²) in [4.78, 5) is 2.50. The van der Waals surface area contributed by atoms with Crippen LogP contribution >= 0.6 is 11.6 Å². The Morgan fingerprint density at radius 2 is 1.74 bits per heavy atom. The quantitative estimate of drug-likeness (QED) is 0.822. The van der Waals surface area contributed by atoms with Crippen LogP contribution in [-0.4, -0.2) is 22.8 Å². The fourth-order valence-electron chi connectivity index (χ4n) is 3.72. The zero-order valence-corrected chi connectivity index (χ0v) is 12.6. The van der Waals surface area contributed by atoms with Crippen LogP contribution < -0.4 is 4.90 Å². The molecule has 1 aromatic heterocycles. The van der Waals surface area contributed by atoms with Crippen molar-refractivity contribution in [2.75, 3.05) is 11.4 Å². The van der Waals surface area contributed by atoms with Crippen LogP contribution in [0.4, 0.5) is 5.82 Å². The molecule has 3 nitrogen and oxygen atoms in total. The first-order valence-corrected chi connectivity index (χ1v) is 7.82. The number of hydrogen-bond acceptors (Lipinski definition) is 3. The molecule has 1 saturated heterocycles. The van der Waals surface area contributed by atoms with E-state index in [-0.39, 0.29) is 0 Å². The Balaban J connectivity index is 1.90. The van der Waals surface area contributed by atoms with Crippen LogP contribution in [0.1, 0.15) is 49.7 Å². The molecule has 1 aliphatic carbocycles. The molecule has 3 rings (SSSR count). The first-order chi connectivity index (χ1) is 9.18. The molecule has 1 aliphatic heterocycles. The van der Waals surface area contributed by atoms with Crippen molar-refractivity contribution >= 4 is 17.4 Å². The molecule has 1 unspecified atom stereocenters. The highest BCUT2D eigenvalue weighted by molar-refractivity contribution is 6.30. The Morgan fingerprint density at radius 1 is 1.00 bits per heavy atom. The standard InChI is InChI=1S/C15H22ClN3/c1-10-11(2)15(18-17-14(10)16)19-9-5-8-13(19)12-6-3-4-7-12/h12-13H,3-9H2,1-2H3. The predicted octanol–water partition coefficient (Wildman–Crippen LogP) is 3.91. The number of halogens is 1. The Labute approximate surface area is 120 Å². The normalized spacial score (nSPS) is 24.4. The summed E-state index contributed by atoms with van der Waals surface area (Å²) in [5.74, 6) is 1.93. The summed E-state index contributed by atoms with van der Waals surface area (Å²) in [7, 11) is 0. The highest BCUT2D eigenvalue weighted by Gasteiger charge is 2.35. The SMILES string of the molecule is Cc1c(Cl)nnc(N2CCCC2C2CCCC2)c1C. The summed E-state index contributed by atoms with van der Waals surface area (Å²) in [6.45, 7) is 5.28. The van der Waals surface area contributed by atoms with Gasteiger partial charge in [0.15, 0.2) is 11.0 Å². The maximum Gasteiger partial charge on any atom is 0.155 e. The van der Waals surface area contributed by atoms with Crippen LogP contribution in [-0.2, 0) is 0 Å². The zero-order chi connectivity index (χ0) is 13.4. The molecule has 2 fully saturated rings. The van der Waals surface area contributed by atoms with Gasteiger partial charge in [0.05, 0.1) is 0 Å². The molecule has 19 heavy (non-hydrogen) atoms. The Hall–Kier alpha value is -0.830. The predicted molar refractivity (Wildman–Crippen MR) is 78.8 cm³/mol. The lowest BCUT2D eigenvalue weighted by molar-refractivity contribution is 0.428. The van der Waals surface area contributed by atoms with Gasteiger partial charge in [0.2, 0.25) is 0 Å². The Kier molecular flexibility index (Phi) is 3.66. The van der Waals surface area contributed by atoms with Gasteiger partial charge in [0, 0.05) is 12.6 Å². The lowest BCUT2D eigenvalue weighted by Gasteiger charge is -2.31. The van der Waals surface area contributed by atoms with Crippen molar-refractivity contribution in [3.05, 3.63) is 16.3 Å². The third-order valence-corrected chi connectivity index (χ3v) is 5.31. The Morgan fingerprint density at radius 3 is 2.47 bits per heavy atom. The molecule has 0 N–H and O–H groups in total. The molecule has 0 amide bonds. The molecular weight excluding hydrogens is 258 g/mol. The average molecular weight is 280 g/mol. The van der Waals surface area contributed by atoms with Gasteiger partial charge in [-0.2, -0.15) is 0 Å². The van der Waals surface area contributed by atoms with Gasteiger partial charge >= 0.3 is 0 Å². The van der Waals surface area contributed by atoms with E-state index in [0.717, 1.165) is 23.8 Å². The smallest absolute Gasteiger partial charge is 0.155 e. The highest BCUT2D eigenvalue weighted by atomic mass is 35.5. The maximum atomic E-state index is 6.06. The van der Waals surface area contributed by atoms with Gasteiger partial charge in [0.1, 0.15) is 0 Å². The molecule has 1 atom stereocenters. The van der Waals surface area contributed by atoms with Gasteiger partial charge in [-0.1, -0.05) is 24.4 Å². The van der Waals surface area contributed by atoms with Crippen molar-refractivity contribution in [3.63, 3.8) is 0 Å².